The van der Waals surface area contributed by atoms with Crippen LogP contribution >= 0.6 is 39.1 Å². The Labute approximate surface area is 189 Å². The molecule has 13 heteroatoms. The lowest BCUT2D eigenvalue weighted by Gasteiger charge is -2.04. The van der Waals surface area contributed by atoms with Gasteiger partial charge < -0.3 is 10.1 Å². The number of nitro groups is 1. The molecule has 0 radical (unpaired) electrons. The summed E-state index contributed by atoms with van der Waals surface area (Å²) in [6.07, 6.45) is 2.97. The minimum absolute atomic E-state index is 0.0358. The van der Waals surface area contributed by atoms with Crippen LogP contribution in [0.1, 0.15) is 12.0 Å². The van der Waals surface area contributed by atoms with Gasteiger partial charge >= 0.3 is 11.6 Å². The van der Waals surface area contributed by atoms with Gasteiger partial charge in [-0.15, -0.1) is 5.10 Å². The number of nitrogens with zero attached hydrogens (tertiary/aromatic N) is 5. The highest BCUT2D eigenvalue weighted by Crippen LogP contribution is 2.26. The molecule has 1 aromatic carbocycles. The summed E-state index contributed by atoms with van der Waals surface area (Å²) in [5.41, 5.74) is 0.633. The largest absolute Gasteiger partial charge is 0.475 e. The van der Waals surface area contributed by atoms with Crippen molar-refractivity contribution >= 4 is 56.5 Å². The number of halogens is 3. The summed E-state index contributed by atoms with van der Waals surface area (Å²) < 4.78 is 8.39. The van der Waals surface area contributed by atoms with Crippen molar-refractivity contribution in [3.8, 4) is 5.88 Å². The van der Waals surface area contributed by atoms with Gasteiger partial charge in [0.2, 0.25) is 5.91 Å². The Kier molecular flexibility index (Phi) is 6.95. The zero-order valence-corrected chi connectivity index (χ0v) is 18.6. The van der Waals surface area contributed by atoms with E-state index in [0.717, 1.165) is 5.56 Å². The van der Waals surface area contributed by atoms with Crippen LogP contribution in [0, 0.1) is 10.1 Å². The zero-order valence-electron chi connectivity index (χ0n) is 15.5. The first-order valence-electron chi connectivity index (χ1n) is 8.49. The second-order valence-corrected chi connectivity index (χ2v) is 7.78. The van der Waals surface area contributed by atoms with Crippen molar-refractivity contribution in [3.63, 3.8) is 0 Å². The number of benzene rings is 1. The minimum atomic E-state index is -0.597. The summed E-state index contributed by atoms with van der Waals surface area (Å²) >= 11 is 15.3. The van der Waals surface area contributed by atoms with E-state index in [-0.39, 0.29) is 30.4 Å². The molecule has 10 nitrogen and oxygen atoms in total. The fourth-order valence-corrected chi connectivity index (χ4v) is 3.31. The molecule has 0 aliphatic heterocycles. The molecule has 0 spiro atoms. The predicted molar refractivity (Wildman–Crippen MR) is 114 cm³/mol. The number of carbonyl (C=O) groups is 1. The van der Waals surface area contributed by atoms with Crippen LogP contribution in [-0.2, 0) is 17.9 Å². The molecule has 2 heterocycles. The number of hydrogen-bond donors (Lipinski definition) is 1. The molecule has 0 fully saturated rings. The molecule has 158 valence electrons. The number of hydrogen-bond acceptors (Lipinski definition) is 6. The number of amides is 1. The summed E-state index contributed by atoms with van der Waals surface area (Å²) in [6, 6.07) is 5.28. The van der Waals surface area contributed by atoms with Crippen LogP contribution in [0.5, 0.6) is 5.88 Å². The Balaban J connectivity index is 1.60. The summed E-state index contributed by atoms with van der Waals surface area (Å²) in [4.78, 5) is 22.6. The molecule has 0 aliphatic carbocycles. The van der Waals surface area contributed by atoms with Crippen molar-refractivity contribution in [2.24, 2.45) is 0 Å². The molecule has 0 saturated carbocycles. The van der Waals surface area contributed by atoms with Crippen LogP contribution in [0.25, 0.3) is 0 Å². The van der Waals surface area contributed by atoms with Crippen LogP contribution < -0.4 is 10.1 Å². The van der Waals surface area contributed by atoms with E-state index in [0.29, 0.717) is 26.9 Å². The van der Waals surface area contributed by atoms with E-state index in [4.69, 9.17) is 27.9 Å². The Bertz CT molecular complexity index is 1100. The summed E-state index contributed by atoms with van der Waals surface area (Å²) in [7, 11) is 1.29. The minimum Gasteiger partial charge on any atom is -0.475 e. The van der Waals surface area contributed by atoms with E-state index in [1.807, 2.05) is 6.07 Å². The topological polar surface area (TPSA) is 117 Å². The molecule has 3 rings (SSSR count). The number of aromatic nitrogens is 4. The smallest absolute Gasteiger partial charge is 0.350 e. The fourth-order valence-electron chi connectivity index (χ4n) is 2.58. The molecule has 2 aromatic heterocycles. The number of ether oxygens (including phenoxy) is 1. The maximum Gasteiger partial charge on any atom is 0.350 e. The second kappa shape index (κ2) is 9.45. The van der Waals surface area contributed by atoms with E-state index >= 15 is 0 Å². The molecule has 0 aliphatic rings. The Hall–Kier alpha value is -2.63. The van der Waals surface area contributed by atoms with Crippen molar-refractivity contribution < 1.29 is 14.5 Å². The SMILES string of the molecule is COc1nn(CCC(=O)Nc2nn(Cc3ccc(Cl)c(Cl)c3)cc2Br)cc1[N+](=O)[O-]. The van der Waals surface area contributed by atoms with Crippen molar-refractivity contribution in [2.75, 3.05) is 12.4 Å². The number of aryl methyl sites for hydroxylation is 1. The lowest BCUT2D eigenvalue weighted by atomic mass is 10.2. The second-order valence-electron chi connectivity index (χ2n) is 6.11. The molecule has 0 unspecified atom stereocenters. The normalized spacial score (nSPS) is 10.8. The predicted octanol–water partition coefficient (Wildman–Crippen LogP) is 4.14. The van der Waals surface area contributed by atoms with Gasteiger partial charge in [-0.2, -0.15) is 5.10 Å². The number of methoxy groups -OCH3 is 1. The number of rotatable bonds is 8. The molecular formula is C17H15BrCl2N6O4. The van der Waals surface area contributed by atoms with E-state index < -0.39 is 4.92 Å². The Morgan fingerprint density at radius 2 is 2.03 bits per heavy atom. The van der Waals surface area contributed by atoms with Crippen molar-refractivity contribution in [2.45, 2.75) is 19.5 Å². The van der Waals surface area contributed by atoms with Crippen LogP contribution in [0.3, 0.4) is 0 Å². The first-order chi connectivity index (χ1) is 14.3. The van der Waals surface area contributed by atoms with Crippen LogP contribution in [-0.4, -0.2) is 37.5 Å². The molecular weight excluding hydrogens is 503 g/mol. The van der Waals surface area contributed by atoms with E-state index in [2.05, 4.69) is 31.4 Å². The molecule has 0 atom stereocenters. The lowest BCUT2D eigenvalue weighted by Crippen LogP contribution is -2.15. The Morgan fingerprint density at radius 1 is 1.27 bits per heavy atom. The van der Waals surface area contributed by atoms with Gasteiger partial charge in [-0.25, -0.2) is 0 Å². The highest BCUT2D eigenvalue weighted by molar-refractivity contribution is 9.10. The van der Waals surface area contributed by atoms with Gasteiger partial charge in [-0.3, -0.25) is 24.3 Å². The standard InChI is InChI=1S/C17H15BrCl2N6O4/c1-30-17-14(26(28)29)9-24(23-17)5-4-15(27)21-16-11(18)8-25(22-16)7-10-2-3-12(19)13(20)6-10/h2-3,6,8-9H,4-5,7H2,1H3,(H,21,22,27). The maximum atomic E-state index is 12.3. The van der Waals surface area contributed by atoms with Crippen LogP contribution in [0.4, 0.5) is 11.5 Å². The summed E-state index contributed by atoms with van der Waals surface area (Å²) in [5.74, 6) is -0.0825. The maximum absolute atomic E-state index is 12.3. The quantitative estimate of drug-likeness (QED) is 0.354. The molecule has 3 aromatic rings. The Morgan fingerprint density at radius 3 is 2.67 bits per heavy atom. The van der Waals surface area contributed by atoms with Crippen molar-refractivity contribution in [1.29, 1.82) is 0 Å². The molecule has 0 bridgehead atoms. The van der Waals surface area contributed by atoms with Gasteiger partial charge in [-0.1, -0.05) is 29.3 Å². The zero-order chi connectivity index (χ0) is 21.8. The molecule has 1 N–H and O–H groups in total. The highest BCUT2D eigenvalue weighted by Gasteiger charge is 2.20. The number of nitrogens with one attached hydrogen (secondary N) is 1. The molecule has 30 heavy (non-hydrogen) atoms. The molecule has 0 saturated heterocycles. The van der Waals surface area contributed by atoms with Crippen LogP contribution in [0.15, 0.2) is 35.1 Å². The van der Waals surface area contributed by atoms with Gasteiger partial charge in [0.05, 0.1) is 39.6 Å². The third-order valence-corrected chi connectivity index (χ3v) is 5.29. The summed E-state index contributed by atoms with van der Waals surface area (Å²) in [5, 5.41) is 22.8. The first kappa shape index (κ1) is 22.1. The van der Waals surface area contributed by atoms with Gasteiger partial charge in [0.15, 0.2) is 5.82 Å². The lowest BCUT2D eigenvalue weighted by molar-refractivity contribution is -0.385. The average Bonchev–Trinajstić information content (AvgIpc) is 3.26. The third kappa shape index (κ3) is 5.29. The van der Waals surface area contributed by atoms with E-state index in [1.54, 1.807) is 23.0 Å². The van der Waals surface area contributed by atoms with Crippen molar-refractivity contribution in [3.05, 3.63) is 60.8 Å². The summed E-state index contributed by atoms with van der Waals surface area (Å²) in [6.45, 7) is 0.569. The number of carbonyl (C=O) groups excluding carboxylic acids is 1. The van der Waals surface area contributed by atoms with Gasteiger partial charge in [-0.05, 0) is 33.6 Å². The van der Waals surface area contributed by atoms with Gasteiger partial charge in [0, 0.05) is 12.6 Å². The third-order valence-electron chi connectivity index (χ3n) is 3.97. The van der Waals surface area contributed by atoms with E-state index in [1.165, 1.54) is 18.0 Å². The molecule has 1 amide bonds. The number of anilines is 1. The van der Waals surface area contributed by atoms with E-state index in [9.17, 15) is 14.9 Å². The first-order valence-corrected chi connectivity index (χ1v) is 10.0. The van der Waals surface area contributed by atoms with Crippen LogP contribution in [0.2, 0.25) is 10.0 Å². The highest BCUT2D eigenvalue weighted by atomic mass is 79.9. The monoisotopic (exact) mass is 516 g/mol. The fraction of sp³-hybridized carbons (Fsp3) is 0.235. The van der Waals surface area contributed by atoms with Gasteiger partial charge in [0.1, 0.15) is 6.20 Å². The van der Waals surface area contributed by atoms with Gasteiger partial charge in [0.25, 0.3) is 0 Å². The average molecular weight is 518 g/mol. The van der Waals surface area contributed by atoms with Crippen molar-refractivity contribution in [1.82, 2.24) is 19.6 Å².